The van der Waals surface area contributed by atoms with Gasteiger partial charge in [0.2, 0.25) is 11.8 Å². The van der Waals surface area contributed by atoms with E-state index in [1.165, 1.54) is 6.92 Å². The molecule has 5 nitrogen and oxygen atoms in total. The average molecular weight is 297 g/mol. The highest BCUT2D eigenvalue weighted by atomic mass is 32.1. The molecule has 0 bridgehead atoms. The van der Waals surface area contributed by atoms with Crippen LogP contribution in [0.3, 0.4) is 0 Å². The molecule has 1 unspecified atom stereocenters. The van der Waals surface area contributed by atoms with Crippen LogP contribution < -0.4 is 16.0 Å². The molecule has 0 aliphatic rings. The second kappa shape index (κ2) is 8.01. The monoisotopic (exact) mass is 297 g/mol. The number of carbonyl (C=O) groups is 2. The van der Waals surface area contributed by atoms with Gasteiger partial charge >= 0.3 is 0 Å². The number of likely N-dealkylation sites (N-methyl/N-ethyl adjacent to an activating group) is 1. The van der Waals surface area contributed by atoms with E-state index >= 15 is 0 Å². The van der Waals surface area contributed by atoms with Crippen molar-refractivity contribution in [2.45, 2.75) is 39.8 Å². The molecule has 1 aromatic heterocycles. The Kier molecular flexibility index (Phi) is 6.67. The lowest BCUT2D eigenvalue weighted by Crippen LogP contribution is -2.43. The van der Waals surface area contributed by atoms with Crippen molar-refractivity contribution in [2.75, 3.05) is 12.4 Å². The molecule has 0 aliphatic carbocycles. The zero-order chi connectivity index (χ0) is 15.1. The number of nitrogens with one attached hydrogen (secondary N) is 3. The number of rotatable bonds is 7. The van der Waals surface area contributed by atoms with Crippen LogP contribution >= 0.6 is 11.3 Å². The Morgan fingerprint density at radius 2 is 2.05 bits per heavy atom. The van der Waals surface area contributed by atoms with Crippen molar-refractivity contribution in [2.24, 2.45) is 5.92 Å². The molecule has 112 valence electrons. The molecule has 1 aromatic rings. The van der Waals surface area contributed by atoms with Crippen molar-refractivity contribution in [3.05, 3.63) is 16.3 Å². The Balaban J connectivity index is 2.65. The van der Waals surface area contributed by atoms with Gasteiger partial charge in [-0.2, -0.15) is 0 Å². The Morgan fingerprint density at radius 3 is 2.60 bits per heavy atom. The maximum atomic E-state index is 11.8. The molecule has 6 heteroatoms. The Labute approximate surface area is 124 Å². The van der Waals surface area contributed by atoms with Gasteiger partial charge in [0.15, 0.2) is 0 Å². The van der Waals surface area contributed by atoms with E-state index in [2.05, 4.69) is 29.8 Å². The first kappa shape index (κ1) is 16.7. The predicted molar refractivity (Wildman–Crippen MR) is 82.8 cm³/mol. The van der Waals surface area contributed by atoms with E-state index in [9.17, 15) is 9.59 Å². The summed E-state index contributed by atoms with van der Waals surface area (Å²) >= 11 is 1.56. The highest BCUT2D eigenvalue weighted by Gasteiger charge is 2.18. The Morgan fingerprint density at radius 1 is 1.35 bits per heavy atom. The summed E-state index contributed by atoms with van der Waals surface area (Å²) in [5, 5.41) is 10.7. The Hall–Kier alpha value is -1.40. The molecular formula is C14H23N3O2S. The van der Waals surface area contributed by atoms with Crippen molar-refractivity contribution < 1.29 is 9.59 Å². The first-order valence-electron chi connectivity index (χ1n) is 6.73. The maximum absolute atomic E-state index is 11.8. The van der Waals surface area contributed by atoms with Crippen LogP contribution in [0.25, 0.3) is 0 Å². The van der Waals surface area contributed by atoms with Crippen molar-refractivity contribution in [1.29, 1.82) is 0 Å². The molecule has 0 spiro atoms. The summed E-state index contributed by atoms with van der Waals surface area (Å²) in [6, 6.07) is 1.66. The van der Waals surface area contributed by atoms with Crippen LogP contribution in [0.15, 0.2) is 11.4 Å². The standard InChI is InChI=1S/C14H23N3O2S/c1-9(2)7-12(14(19)15-4)16-8-13-11(5-6-20-13)17-10(3)18/h5-6,9,12,16H,7-8H2,1-4H3,(H,15,19)(H,17,18). The molecule has 0 aliphatic heterocycles. The van der Waals surface area contributed by atoms with Crippen LogP contribution in [-0.2, 0) is 16.1 Å². The predicted octanol–water partition coefficient (Wildman–Crippen LogP) is 1.96. The third-order valence-corrected chi connectivity index (χ3v) is 3.76. The average Bonchev–Trinajstić information content (AvgIpc) is 2.79. The SMILES string of the molecule is CNC(=O)C(CC(C)C)NCc1sccc1NC(C)=O. The lowest BCUT2D eigenvalue weighted by Gasteiger charge is -2.19. The summed E-state index contributed by atoms with van der Waals surface area (Å²) < 4.78 is 0. The van der Waals surface area contributed by atoms with Gasteiger partial charge in [-0.05, 0) is 23.8 Å². The van der Waals surface area contributed by atoms with E-state index in [1.807, 2.05) is 11.4 Å². The topological polar surface area (TPSA) is 70.2 Å². The van der Waals surface area contributed by atoms with Crippen LogP contribution in [0.5, 0.6) is 0 Å². The summed E-state index contributed by atoms with van der Waals surface area (Å²) in [6.07, 6.45) is 0.778. The van der Waals surface area contributed by atoms with Crippen molar-refractivity contribution in [3.63, 3.8) is 0 Å². The summed E-state index contributed by atoms with van der Waals surface area (Å²) in [6.45, 7) is 6.23. The summed E-state index contributed by atoms with van der Waals surface area (Å²) in [5.41, 5.74) is 0.815. The molecule has 3 N–H and O–H groups in total. The molecule has 0 saturated heterocycles. The van der Waals surface area contributed by atoms with Gasteiger partial charge < -0.3 is 16.0 Å². The summed E-state index contributed by atoms with van der Waals surface area (Å²) in [4.78, 5) is 24.0. The smallest absolute Gasteiger partial charge is 0.236 e. The van der Waals surface area contributed by atoms with E-state index in [4.69, 9.17) is 0 Å². The second-order valence-electron chi connectivity index (χ2n) is 5.12. The van der Waals surface area contributed by atoms with Crippen molar-refractivity contribution in [3.8, 4) is 0 Å². The lowest BCUT2D eigenvalue weighted by atomic mass is 10.0. The number of hydrogen-bond donors (Lipinski definition) is 3. The van der Waals surface area contributed by atoms with Gasteiger partial charge in [-0.1, -0.05) is 13.8 Å². The zero-order valence-corrected chi connectivity index (χ0v) is 13.3. The van der Waals surface area contributed by atoms with Gasteiger partial charge in [-0.3, -0.25) is 9.59 Å². The van der Waals surface area contributed by atoms with E-state index in [1.54, 1.807) is 18.4 Å². The third-order valence-electron chi connectivity index (χ3n) is 2.84. The number of carbonyl (C=O) groups excluding carboxylic acids is 2. The fourth-order valence-electron chi connectivity index (χ4n) is 1.92. The largest absolute Gasteiger partial charge is 0.358 e. The molecule has 1 atom stereocenters. The minimum atomic E-state index is -0.215. The second-order valence-corrected chi connectivity index (χ2v) is 6.12. The van der Waals surface area contributed by atoms with Crippen LogP contribution in [-0.4, -0.2) is 24.9 Å². The quantitative estimate of drug-likeness (QED) is 0.720. The van der Waals surface area contributed by atoms with Gasteiger partial charge in [-0.15, -0.1) is 11.3 Å². The van der Waals surface area contributed by atoms with Crippen LogP contribution in [0.2, 0.25) is 0 Å². The van der Waals surface area contributed by atoms with Gasteiger partial charge in [-0.25, -0.2) is 0 Å². The van der Waals surface area contributed by atoms with E-state index in [0.717, 1.165) is 17.0 Å². The summed E-state index contributed by atoms with van der Waals surface area (Å²) in [7, 11) is 1.64. The first-order chi connectivity index (χ1) is 9.43. The first-order valence-corrected chi connectivity index (χ1v) is 7.61. The van der Waals surface area contributed by atoms with Gasteiger partial charge in [0, 0.05) is 25.4 Å². The molecule has 20 heavy (non-hydrogen) atoms. The molecule has 0 saturated carbocycles. The van der Waals surface area contributed by atoms with Crippen LogP contribution in [0.4, 0.5) is 5.69 Å². The lowest BCUT2D eigenvalue weighted by molar-refractivity contribution is -0.123. The van der Waals surface area contributed by atoms with Crippen molar-refractivity contribution >= 4 is 28.8 Å². The van der Waals surface area contributed by atoms with Gasteiger partial charge in [0.25, 0.3) is 0 Å². The molecule has 1 rings (SSSR count). The third kappa shape index (κ3) is 5.30. The maximum Gasteiger partial charge on any atom is 0.236 e. The number of amides is 2. The fourth-order valence-corrected chi connectivity index (χ4v) is 2.70. The van der Waals surface area contributed by atoms with Gasteiger partial charge in [0.1, 0.15) is 0 Å². The normalized spacial score (nSPS) is 12.2. The van der Waals surface area contributed by atoms with Crippen molar-refractivity contribution in [1.82, 2.24) is 10.6 Å². The van der Waals surface area contributed by atoms with Crippen LogP contribution in [0.1, 0.15) is 32.1 Å². The zero-order valence-electron chi connectivity index (χ0n) is 12.4. The molecule has 0 aromatic carbocycles. The highest BCUT2D eigenvalue weighted by molar-refractivity contribution is 7.10. The minimum Gasteiger partial charge on any atom is -0.358 e. The number of hydrogen-bond acceptors (Lipinski definition) is 4. The molecule has 0 radical (unpaired) electrons. The highest BCUT2D eigenvalue weighted by Crippen LogP contribution is 2.22. The molecule has 2 amide bonds. The van der Waals surface area contributed by atoms with Gasteiger partial charge in [0.05, 0.1) is 11.7 Å². The van der Waals surface area contributed by atoms with E-state index in [-0.39, 0.29) is 17.9 Å². The molecular weight excluding hydrogens is 274 g/mol. The fraction of sp³-hybridized carbons (Fsp3) is 0.571. The molecule has 0 fully saturated rings. The number of anilines is 1. The van der Waals surface area contributed by atoms with Crippen LogP contribution in [0, 0.1) is 5.92 Å². The summed E-state index contributed by atoms with van der Waals surface area (Å²) in [5.74, 6) is 0.342. The minimum absolute atomic E-state index is 0.00340. The van der Waals surface area contributed by atoms with E-state index < -0.39 is 0 Å². The van der Waals surface area contributed by atoms with E-state index in [0.29, 0.717) is 12.5 Å². The number of thiophene rings is 1. The Bertz CT molecular complexity index is 457. The molecule has 1 heterocycles.